The van der Waals surface area contributed by atoms with Gasteiger partial charge in [0.2, 0.25) is 0 Å². The summed E-state index contributed by atoms with van der Waals surface area (Å²) in [4.78, 5) is 0. The molecule has 1 aliphatic carbocycles. The Kier molecular flexibility index (Phi) is 3.86. The van der Waals surface area contributed by atoms with Crippen LogP contribution >= 0.6 is 0 Å². The summed E-state index contributed by atoms with van der Waals surface area (Å²) in [7, 11) is 2.00. The van der Waals surface area contributed by atoms with Gasteiger partial charge in [0.1, 0.15) is 0 Å². The number of nitrogens with one attached hydrogen (secondary N) is 1. The van der Waals surface area contributed by atoms with Crippen molar-refractivity contribution in [1.29, 1.82) is 0 Å². The molecule has 1 aromatic rings. The van der Waals surface area contributed by atoms with Crippen molar-refractivity contribution in [2.45, 2.75) is 57.9 Å². The van der Waals surface area contributed by atoms with Crippen molar-refractivity contribution >= 4 is 5.69 Å². The molecule has 0 aromatic carbocycles. The molecule has 1 heterocycles. The molecule has 0 amide bonds. The van der Waals surface area contributed by atoms with Crippen molar-refractivity contribution in [3.8, 4) is 0 Å². The van der Waals surface area contributed by atoms with E-state index in [1.54, 1.807) is 0 Å². The van der Waals surface area contributed by atoms with Gasteiger partial charge in [-0.1, -0.05) is 32.6 Å². The molecule has 0 unspecified atom stereocenters. The topological polar surface area (TPSA) is 29.9 Å². The summed E-state index contributed by atoms with van der Waals surface area (Å²) >= 11 is 0. The van der Waals surface area contributed by atoms with Crippen LogP contribution in [0, 0.1) is 0 Å². The fourth-order valence-corrected chi connectivity index (χ4v) is 2.56. The van der Waals surface area contributed by atoms with Crippen molar-refractivity contribution in [1.82, 2.24) is 9.78 Å². The van der Waals surface area contributed by atoms with E-state index in [0.717, 1.165) is 6.42 Å². The molecule has 90 valence electrons. The quantitative estimate of drug-likeness (QED) is 0.795. The van der Waals surface area contributed by atoms with Crippen LogP contribution in [0.3, 0.4) is 0 Å². The predicted molar refractivity (Wildman–Crippen MR) is 67.7 cm³/mol. The van der Waals surface area contributed by atoms with Gasteiger partial charge in [0.05, 0.1) is 11.4 Å². The number of hydrogen-bond acceptors (Lipinski definition) is 2. The summed E-state index contributed by atoms with van der Waals surface area (Å²) in [5.41, 5.74) is 2.45. The van der Waals surface area contributed by atoms with Crippen LogP contribution in [0.5, 0.6) is 0 Å². The zero-order valence-corrected chi connectivity index (χ0v) is 10.5. The first kappa shape index (κ1) is 11.5. The lowest BCUT2D eigenvalue weighted by atomic mass is 10.1. The van der Waals surface area contributed by atoms with Crippen LogP contribution < -0.4 is 5.32 Å². The molecule has 0 bridgehead atoms. The number of rotatable bonds is 3. The van der Waals surface area contributed by atoms with Crippen LogP contribution in [0.4, 0.5) is 5.69 Å². The molecule has 0 spiro atoms. The first-order valence-corrected chi connectivity index (χ1v) is 6.58. The Hall–Kier alpha value is -0.990. The maximum atomic E-state index is 4.47. The highest BCUT2D eigenvalue weighted by Gasteiger charge is 2.14. The normalized spacial score (nSPS) is 18.4. The fraction of sp³-hybridized carbons (Fsp3) is 0.769. The highest BCUT2D eigenvalue weighted by molar-refractivity contribution is 5.47. The van der Waals surface area contributed by atoms with E-state index >= 15 is 0 Å². The minimum absolute atomic E-state index is 0.664. The van der Waals surface area contributed by atoms with E-state index < -0.39 is 0 Å². The lowest BCUT2D eigenvalue weighted by Gasteiger charge is -2.16. The standard InChI is InChI=1S/C13H23N3/c1-3-12-13(10-16(2)15-12)14-11-8-6-4-5-7-9-11/h10-11,14H,3-9H2,1-2H3. The van der Waals surface area contributed by atoms with Gasteiger partial charge in [-0.3, -0.25) is 4.68 Å². The number of aromatic nitrogens is 2. The average Bonchev–Trinajstić information content (AvgIpc) is 2.49. The van der Waals surface area contributed by atoms with Gasteiger partial charge >= 0.3 is 0 Å². The molecule has 16 heavy (non-hydrogen) atoms. The number of nitrogens with zero attached hydrogens (tertiary/aromatic N) is 2. The Labute approximate surface area is 98.2 Å². The second-order valence-electron chi connectivity index (χ2n) is 4.85. The molecule has 1 aliphatic rings. The molecule has 0 saturated heterocycles. The molecule has 0 atom stereocenters. The van der Waals surface area contributed by atoms with E-state index in [1.807, 2.05) is 11.7 Å². The first-order chi connectivity index (χ1) is 7.79. The number of aryl methyl sites for hydroxylation is 2. The van der Waals surface area contributed by atoms with Crippen LogP contribution in [0.15, 0.2) is 6.20 Å². The Bertz CT molecular complexity index is 322. The molecule has 1 saturated carbocycles. The molecular formula is C13H23N3. The number of hydrogen-bond donors (Lipinski definition) is 1. The SMILES string of the molecule is CCc1nn(C)cc1NC1CCCCCC1. The van der Waals surface area contributed by atoms with Crippen LogP contribution in [-0.2, 0) is 13.5 Å². The zero-order chi connectivity index (χ0) is 11.4. The van der Waals surface area contributed by atoms with E-state index in [2.05, 4.69) is 23.5 Å². The molecule has 0 radical (unpaired) electrons. The van der Waals surface area contributed by atoms with Crippen molar-refractivity contribution in [3.05, 3.63) is 11.9 Å². The van der Waals surface area contributed by atoms with Crippen molar-refractivity contribution in [2.24, 2.45) is 7.05 Å². The van der Waals surface area contributed by atoms with Gasteiger partial charge in [0, 0.05) is 19.3 Å². The number of anilines is 1. The second kappa shape index (κ2) is 5.37. The van der Waals surface area contributed by atoms with E-state index in [-0.39, 0.29) is 0 Å². The van der Waals surface area contributed by atoms with Crippen molar-refractivity contribution < 1.29 is 0 Å². The predicted octanol–water partition coefficient (Wildman–Crippen LogP) is 3.12. The third-order valence-electron chi connectivity index (χ3n) is 3.45. The average molecular weight is 221 g/mol. The summed E-state index contributed by atoms with van der Waals surface area (Å²) in [5, 5.41) is 8.15. The maximum absolute atomic E-state index is 4.47. The summed E-state index contributed by atoms with van der Waals surface area (Å²) in [6, 6.07) is 0.664. The van der Waals surface area contributed by atoms with Gasteiger partial charge in [-0.05, 0) is 19.3 Å². The van der Waals surface area contributed by atoms with Crippen LogP contribution in [0.2, 0.25) is 0 Å². The molecule has 3 heteroatoms. The Morgan fingerprint density at radius 3 is 2.62 bits per heavy atom. The lowest BCUT2D eigenvalue weighted by Crippen LogP contribution is -2.18. The van der Waals surface area contributed by atoms with E-state index in [0.29, 0.717) is 6.04 Å². The Morgan fingerprint density at radius 1 is 1.31 bits per heavy atom. The summed E-state index contributed by atoms with van der Waals surface area (Å²) in [6.07, 6.45) is 11.3. The summed E-state index contributed by atoms with van der Waals surface area (Å²) in [5.74, 6) is 0. The van der Waals surface area contributed by atoms with E-state index in [4.69, 9.17) is 0 Å². The molecule has 3 nitrogen and oxygen atoms in total. The Morgan fingerprint density at radius 2 is 2.00 bits per heavy atom. The lowest BCUT2D eigenvalue weighted by molar-refractivity contribution is 0.619. The van der Waals surface area contributed by atoms with Crippen LogP contribution in [0.1, 0.15) is 51.1 Å². The highest BCUT2D eigenvalue weighted by atomic mass is 15.3. The molecule has 2 rings (SSSR count). The summed E-state index contributed by atoms with van der Waals surface area (Å²) in [6.45, 7) is 2.17. The molecule has 0 aliphatic heterocycles. The smallest absolute Gasteiger partial charge is 0.0853 e. The molecule has 1 N–H and O–H groups in total. The third-order valence-corrected chi connectivity index (χ3v) is 3.45. The molecule has 1 fully saturated rings. The largest absolute Gasteiger partial charge is 0.380 e. The van der Waals surface area contributed by atoms with E-state index in [1.165, 1.54) is 49.9 Å². The second-order valence-corrected chi connectivity index (χ2v) is 4.85. The van der Waals surface area contributed by atoms with Crippen molar-refractivity contribution in [3.63, 3.8) is 0 Å². The zero-order valence-electron chi connectivity index (χ0n) is 10.5. The van der Waals surface area contributed by atoms with Gasteiger partial charge < -0.3 is 5.32 Å². The van der Waals surface area contributed by atoms with Gasteiger partial charge in [-0.2, -0.15) is 5.10 Å². The van der Waals surface area contributed by atoms with Gasteiger partial charge in [0.25, 0.3) is 0 Å². The highest BCUT2D eigenvalue weighted by Crippen LogP contribution is 2.22. The van der Waals surface area contributed by atoms with Crippen LogP contribution in [-0.4, -0.2) is 15.8 Å². The minimum Gasteiger partial charge on any atom is -0.380 e. The minimum atomic E-state index is 0.664. The van der Waals surface area contributed by atoms with Crippen molar-refractivity contribution in [2.75, 3.05) is 5.32 Å². The Balaban J connectivity index is 2.01. The fourth-order valence-electron chi connectivity index (χ4n) is 2.56. The van der Waals surface area contributed by atoms with Gasteiger partial charge in [-0.25, -0.2) is 0 Å². The maximum Gasteiger partial charge on any atom is 0.0853 e. The van der Waals surface area contributed by atoms with Gasteiger partial charge in [0.15, 0.2) is 0 Å². The molecule has 1 aromatic heterocycles. The molecular weight excluding hydrogens is 198 g/mol. The monoisotopic (exact) mass is 221 g/mol. The van der Waals surface area contributed by atoms with E-state index in [9.17, 15) is 0 Å². The summed E-state index contributed by atoms with van der Waals surface area (Å²) < 4.78 is 1.91. The first-order valence-electron chi connectivity index (χ1n) is 6.58. The van der Waals surface area contributed by atoms with Gasteiger partial charge in [-0.15, -0.1) is 0 Å². The van der Waals surface area contributed by atoms with Crippen LogP contribution in [0.25, 0.3) is 0 Å². The third kappa shape index (κ3) is 2.77.